The first kappa shape index (κ1) is 11.4. The van der Waals surface area contributed by atoms with E-state index in [4.69, 9.17) is 4.74 Å². The van der Waals surface area contributed by atoms with Crippen LogP contribution in [0, 0.1) is 6.92 Å². The quantitative estimate of drug-likeness (QED) is 0.783. The zero-order valence-corrected chi connectivity index (χ0v) is 9.44. The number of ether oxygens (including phenoxy) is 1. The van der Waals surface area contributed by atoms with Gasteiger partial charge in [0.05, 0.1) is 18.5 Å². The highest BCUT2D eigenvalue weighted by Gasteiger charge is 2.16. The summed E-state index contributed by atoms with van der Waals surface area (Å²) in [7, 11) is 1.44. The number of aromatic nitrogens is 1. The summed E-state index contributed by atoms with van der Waals surface area (Å²) >= 11 is 3.12. The van der Waals surface area contributed by atoms with Crippen molar-refractivity contribution in [3.63, 3.8) is 0 Å². The van der Waals surface area contributed by atoms with Crippen LogP contribution < -0.4 is 4.74 Å². The molecule has 0 saturated carbocycles. The van der Waals surface area contributed by atoms with Gasteiger partial charge in [0.1, 0.15) is 5.75 Å². The van der Waals surface area contributed by atoms with Crippen molar-refractivity contribution in [2.75, 3.05) is 7.11 Å². The van der Waals surface area contributed by atoms with E-state index in [1.807, 2.05) is 0 Å². The lowest BCUT2D eigenvalue weighted by molar-refractivity contribution is 0.149. The molecule has 0 bridgehead atoms. The largest absolute Gasteiger partial charge is 0.495 e. The van der Waals surface area contributed by atoms with Gasteiger partial charge in [-0.05, 0) is 13.0 Å². The number of halogens is 3. The highest BCUT2D eigenvalue weighted by atomic mass is 79.9. The van der Waals surface area contributed by atoms with Crippen LogP contribution in [0.1, 0.15) is 23.4 Å². The van der Waals surface area contributed by atoms with Gasteiger partial charge in [-0.25, -0.2) is 8.78 Å². The third-order valence-corrected chi connectivity index (χ3v) is 2.39. The molecule has 1 aromatic heterocycles. The fourth-order valence-corrected chi connectivity index (χ4v) is 1.60. The summed E-state index contributed by atoms with van der Waals surface area (Å²) in [6.45, 7) is 1.72. The Morgan fingerprint density at radius 3 is 2.64 bits per heavy atom. The molecule has 0 amide bonds. The molecular weight excluding hydrogens is 256 g/mol. The van der Waals surface area contributed by atoms with Crippen LogP contribution in [0.2, 0.25) is 0 Å². The highest BCUT2D eigenvalue weighted by Crippen LogP contribution is 2.28. The maximum absolute atomic E-state index is 12.5. The lowest BCUT2D eigenvalue weighted by Crippen LogP contribution is -2.00. The van der Waals surface area contributed by atoms with Crippen molar-refractivity contribution in [2.24, 2.45) is 0 Å². The van der Waals surface area contributed by atoms with E-state index in [0.29, 0.717) is 22.5 Å². The second-order valence-electron chi connectivity index (χ2n) is 2.75. The fourth-order valence-electron chi connectivity index (χ4n) is 1.15. The number of methoxy groups -OCH3 is 1. The molecular formula is C9H10BrF2NO. The maximum atomic E-state index is 12.5. The van der Waals surface area contributed by atoms with E-state index < -0.39 is 6.43 Å². The summed E-state index contributed by atoms with van der Waals surface area (Å²) in [6.07, 6.45) is -2.52. The monoisotopic (exact) mass is 265 g/mol. The molecule has 0 aliphatic rings. The van der Waals surface area contributed by atoms with Crippen molar-refractivity contribution in [3.8, 4) is 5.75 Å². The molecule has 1 rings (SSSR count). The van der Waals surface area contributed by atoms with Crippen molar-refractivity contribution in [1.82, 2.24) is 4.98 Å². The zero-order chi connectivity index (χ0) is 10.7. The molecule has 1 aromatic rings. The van der Waals surface area contributed by atoms with Crippen LogP contribution >= 0.6 is 15.9 Å². The van der Waals surface area contributed by atoms with Crippen molar-refractivity contribution in [2.45, 2.75) is 18.7 Å². The van der Waals surface area contributed by atoms with Crippen LogP contribution in [0.3, 0.4) is 0 Å². The molecule has 14 heavy (non-hydrogen) atoms. The summed E-state index contributed by atoms with van der Waals surface area (Å²) in [5.41, 5.74) is 0.897. The van der Waals surface area contributed by atoms with Gasteiger partial charge in [0.2, 0.25) is 0 Å². The maximum Gasteiger partial charge on any atom is 0.265 e. The van der Waals surface area contributed by atoms with Gasteiger partial charge in [-0.1, -0.05) is 15.9 Å². The van der Waals surface area contributed by atoms with Crippen LogP contribution in [0.4, 0.5) is 8.78 Å². The van der Waals surface area contributed by atoms with E-state index in [-0.39, 0.29) is 5.56 Å². The molecule has 0 fully saturated rings. The van der Waals surface area contributed by atoms with Gasteiger partial charge in [0.25, 0.3) is 6.43 Å². The summed E-state index contributed by atoms with van der Waals surface area (Å²) < 4.78 is 30.0. The molecule has 0 N–H and O–H groups in total. The summed E-state index contributed by atoms with van der Waals surface area (Å²) in [5.74, 6) is 0.394. The molecule has 0 aliphatic carbocycles. The van der Waals surface area contributed by atoms with E-state index in [9.17, 15) is 8.78 Å². The predicted octanol–water partition coefficient (Wildman–Crippen LogP) is 3.23. The lowest BCUT2D eigenvalue weighted by atomic mass is 10.2. The van der Waals surface area contributed by atoms with Gasteiger partial charge in [-0.15, -0.1) is 0 Å². The second-order valence-corrected chi connectivity index (χ2v) is 3.31. The van der Waals surface area contributed by atoms with Crippen molar-refractivity contribution in [3.05, 3.63) is 23.0 Å². The molecule has 0 saturated heterocycles. The highest BCUT2D eigenvalue weighted by molar-refractivity contribution is 9.08. The smallest absolute Gasteiger partial charge is 0.265 e. The molecule has 78 valence electrons. The minimum absolute atomic E-state index is 0.0793. The minimum atomic E-state index is -2.52. The Hall–Kier alpha value is -0.710. The number of hydrogen-bond donors (Lipinski definition) is 0. The van der Waals surface area contributed by atoms with E-state index in [0.717, 1.165) is 0 Å². The Morgan fingerprint density at radius 2 is 2.21 bits per heavy atom. The topological polar surface area (TPSA) is 22.1 Å². The van der Waals surface area contributed by atoms with Gasteiger partial charge in [0, 0.05) is 10.9 Å². The standard InChI is InChI=1S/C9H10BrF2NO/c1-5-8(14-2)3-6(9(11)12)7(4-10)13-5/h3,9H,4H2,1-2H3. The predicted molar refractivity (Wildman–Crippen MR) is 53.1 cm³/mol. The number of alkyl halides is 3. The normalized spacial score (nSPS) is 10.7. The SMILES string of the molecule is COc1cc(C(F)F)c(CBr)nc1C. The van der Waals surface area contributed by atoms with Crippen molar-refractivity contribution < 1.29 is 13.5 Å². The Morgan fingerprint density at radius 1 is 1.57 bits per heavy atom. The first-order valence-corrected chi connectivity index (χ1v) is 5.10. The van der Waals surface area contributed by atoms with Gasteiger partial charge in [-0.2, -0.15) is 0 Å². The number of pyridine rings is 1. The molecule has 0 aliphatic heterocycles. The minimum Gasteiger partial charge on any atom is -0.495 e. The van der Waals surface area contributed by atoms with Crippen LogP contribution in [-0.4, -0.2) is 12.1 Å². The Labute approximate surface area is 89.4 Å². The van der Waals surface area contributed by atoms with Crippen LogP contribution in [0.25, 0.3) is 0 Å². The number of rotatable bonds is 3. The van der Waals surface area contributed by atoms with Crippen LogP contribution in [-0.2, 0) is 5.33 Å². The fraction of sp³-hybridized carbons (Fsp3) is 0.444. The molecule has 0 radical (unpaired) electrons. The van der Waals surface area contributed by atoms with Crippen molar-refractivity contribution in [1.29, 1.82) is 0 Å². The molecule has 0 spiro atoms. The van der Waals surface area contributed by atoms with E-state index in [1.54, 1.807) is 6.92 Å². The zero-order valence-electron chi connectivity index (χ0n) is 7.85. The Balaban J connectivity index is 3.25. The van der Waals surface area contributed by atoms with E-state index in [1.165, 1.54) is 13.2 Å². The van der Waals surface area contributed by atoms with E-state index in [2.05, 4.69) is 20.9 Å². The van der Waals surface area contributed by atoms with Gasteiger partial charge in [-0.3, -0.25) is 4.98 Å². The summed E-state index contributed by atoms with van der Waals surface area (Å²) in [5, 5.41) is 0.317. The van der Waals surface area contributed by atoms with Crippen LogP contribution in [0.5, 0.6) is 5.75 Å². The summed E-state index contributed by atoms with van der Waals surface area (Å²) in [6, 6.07) is 1.34. The third-order valence-electron chi connectivity index (χ3n) is 1.86. The molecule has 1 heterocycles. The second kappa shape index (κ2) is 4.68. The number of aryl methyl sites for hydroxylation is 1. The average Bonchev–Trinajstić information content (AvgIpc) is 2.16. The van der Waals surface area contributed by atoms with Gasteiger partial charge in [0.15, 0.2) is 0 Å². The number of nitrogens with zero attached hydrogens (tertiary/aromatic N) is 1. The first-order valence-electron chi connectivity index (χ1n) is 3.98. The first-order chi connectivity index (χ1) is 6.60. The summed E-state index contributed by atoms with van der Waals surface area (Å²) in [4.78, 5) is 4.03. The van der Waals surface area contributed by atoms with Crippen LogP contribution in [0.15, 0.2) is 6.07 Å². The third kappa shape index (κ3) is 2.20. The van der Waals surface area contributed by atoms with E-state index >= 15 is 0 Å². The molecule has 0 aromatic carbocycles. The molecule has 0 unspecified atom stereocenters. The Bertz CT molecular complexity index is 331. The average molecular weight is 266 g/mol. The van der Waals surface area contributed by atoms with Crippen molar-refractivity contribution >= 4 is 15.9 Å². The van der Waals surface area contributed by atoms with Gasteiger partial charge < -0.3 is 4.74 Å². The Kier molecular flexibility index (Phi) is 3.80. The molecule has 0 atom stereocenters. The molecule has 5 heteroatoms. The molecule has 2 nitrogen and oxygen atoms in total. The lowest BCUT2D eigenvalue weighted by Gasteiger charge is -2.10. The number of hydrogen-bond acceptors (Lipinski definition) is 2. The van der Waals surface area contributed by atoms with Gasteiger partial charge >= 0.3 is 0 Å².